The topological polar surface area (TPSA) is 90.3 Å². The predicted molar refractivity (Wildman–Crippen MR) is 74.2 cm³/mol. The van der Waals surface area contributed by atoms with Crippen molar-refractivity contribution in [1.82, 2.24) is 20.2 Å². The van der Waals surface area contributed by atoms with Crippen molar-refractivity contribution < 1.29 is 0 Å². The van der Waals surface area contributed by atoms with Crippen LogP contribution in [0.25, 0.3) is 0 Å². The van der Waals surface area contributed by atoms with E-state index in [9.17, 15) is 5.26 Å². The number of nitrogens with zero attached hydrogens (tertiary/aromatic N) is 4. The minimum atomic E-state index is 0.644. The minimum absolute atomic E-state index is 0.644. The third kappa shape index (κ3) is 2.62. The molecule has 0 fully saturated rings. The van der Waals surface area contributed by atoms with E-state index in [1.165, 1.54) is 11.9 Å². The third-order valence-electron chi connectivity index (χ3n) is 3.52. The average molecular weight is 268 g/mol. The molecule has 0 spiro atoms. The molecule has 0 atom stereocenters. The fourth-order valence-electron chi connectivity index (χ4n) is 2.51. The summed E-state index contributed by atoms with van der Waals surface area (Å²) >= 11 is 0. The molecule has 0 amide bonds. The smallest absolute Gasteiger partial charge is 0.144 e. The Morgan fingerprint density at radius 3 is 3.15 bits per heavy atom. The van der Waals surface area contributed by atoms with Crippen molar-refractivity contribution >= 4 is 5.82 Å². The molecule has 1 aliphatic rings. The van der Waals surface area contributed by atoms with Crippen molar-refractivity contribution in [1.29, 1.82) is 5.26 Å². The largest absolute Gasteiger partial charge is 0.369 e. The van der Waals surface area contributed by atoms with Crippen molar-refractivity contribution in [3.63, 3.8) is 0 Å². The molecule has 0 saturated carbocycles. The molecule has 1 aliphatic carbocycles. The number of hydrogen-bond acceptors (Lipinski definition) is 5. The normalized spacial score (nSPS) is 12.9. The van der Waals surface area contributed by atoms with Crippen molar-refractivity contribution in [2.24, 2.45) is 0 Å². The lowest BCUT2D eigenvalue weighted by molar-refractivity contribution is 0.802. The van der Waals surface area contributed by atoms with Crippen molar-refractivity contribution in [2.75, 3.05) is 11.9 Å². The van der Waals surface area contributed by atoms with E-state index in [1.54, 1.807) is 0 Å². The Morgan fingerprint density at radius 2 is 2.35 bits per heavy atom. The Hall–Kier alpha value is -2.42. The van der Waals surface area contributed by atoms with E-state index in [0.717, 1.165) is 50.2 Å². The van der Waals surface area contributed by atoms with Crippen LogP contribution >= 0.6 is 0 Å². The van der Waals surface area contributed by atoms with Gasteiger partial charge >= 0.3 is 0 Å². The molecule has 6 nitrogen and oxygen atoms in total. The lowest BCUT2D eigenvalue weighted by atomic mass is 10.1. The fraction of sp³-hybridized carbons (Fsp3) is 0.429. The Morgan fingerprint density at radius 1 is 1.40 bits per heavy atom. The Labute approximate surface area is 117 Å². The molecule has 2 N–H and O–H groups in total. The van der Waals surface area contributed by atoms with Crippen LogP contribution in [0.4, 0.5) is 5.82 Å². The zero-order valence-corrected chi connectivity index (χ0v) is 11.2. The summed E-state index contributed by atoms with van der Waals surface area (Å²) in [7, 11) is 0. The van der Waals surface area contributed by atoms with E-state index < -0.39 is 0 Å². The second-order valence-corrected chi connectivity index (χ2v) is 4.92. The molecule has 2 aromatic rings. The van der Waals surface area contributed by atoms with Gasteiger partial charge in [-0.2, -0.15) is 10.4 Å². The van der Waals surface area contributed by atoms with Gasteiger partial charge in [-0.1, -0.05) is 0 Å². The molecule has 2 heterocycles. The number of fused-ring (bicyclic) bond motifs is 1. The predicted octanol–water partition coefficient (Wildman–Crippen LogP) is 1.60. The van der Waals surface area contributed by atoms with Gasteiger partial charge in [-0.15, -0.1) is 0 Å². The first-order valence-corrected chi connectivity index (χ1v) is 6.88. The molecule has 20 heavy (non-hydrogen) atoms. The van der Waals surface area contributed by atoms with E-state index in [-0.39, 0.29) is 0 Å². The van der Waals surface area contributed by atoms with E-state index in [2.05, 4.69) is 31.6 Å². The van der Waals surface area contributed by atoms with E-state index >= 15 is 0 Å². The van der Waals surface area contributed by atoms with Gasteiger partial charge in [0.05, 0.1) is 5.56 Å². The van der Waals surface area contributed by atoms with Gasteiger partial charge in [0, 0.05) is 18.7 Å². The maximum atomic E-state index is 9.20. The highest BCUT2D eigenvalue weighted by molar-refractivity contribution is 5.55. The highest BCUT2D eigenvalue weighted by Gasteiger charge is 2.16. The van der Waals surface area contributed by atoms with Crippen LogP contribution in [0.5, 0.6) is 0 Å². The molecule has 2 aromatic heterocycles. The lowest BCUT2D eigenvalue weighted by Crippen LogP contribution is -2.08. The van der Waals surface area contributed by atoms with Crippen LogP contribution in [0.3, 0.4) is 0 Å². The molecule has 0 radical (unpaired) electrons. The first-order valence-electron chi connectivity index (χ1n) is 6.88. The van der Waals surface area contributed by atoms with E-state index in [0.29, 0.717) is 11.4 Å². The van der Waals surface area contributed by atoms with Gasteiger partial charge in [-0.05, 0) is 37.3 Å². The zero-order valence-electron chi connectivity index (χ0n) is 11.2. The summed E-state index contributed by atoms with van der Waals surface area (Å²) in [6.07, 6.45) is 6.47. The molecule has 6 heteroatoms. The van der Waals surface area contributed by atoms with Gasteiger partial charge in [-0.25, -0.2) is 9.97 Å². The number of nitriles is 1. The van der Waals surface area contributed by atoms with Crippen LogP contribution in [0.15, 0.2) is 12.4 Å². The third-order valence-corrected chi connectivity index (χ3v) is 3.52. The van der Waals surface area contributed by atoms with Gasteiger partial charge in [-0.3, -0.25) is 5.10 Å². The Balaban J connectivity index is 1.61. The van der Waals surface area contributed by atoms with Crippen molar-refractivity contribution in [2.45, 2.75) is 32.1 Å². The molecular weight excluding hydrogens is 252 g/mol. The van der Waals surface area contributed by atoms with Crippen LogP contribution in [0.2, 0.25) is 0 Å². The number of aromatic nitrogens is 4. The molecule has 0 unspecified atom stereocenters. The summed E-state index contributed by atoms with van der Waals surface area (Å²) in [4.78, 5) is 8.67. The number of anilines is 1. The molecule has 0 bridgehead atoms. The van der Waals surface area contributed by atoms with Crippen LogP contribution in [-0.4, -0.2) is 26.7 Å². The Kier molecular flexibility index (Phi) is 3.59. The minimum Gasteiger partial charge on any atom is -0.369 e. The highest BCUT2D eigenvalue weighted by atomic mass is 15.2. The second kappa shape index (κ2) is 5.70. The monoisotopic (exact) mass is 268 g/mol. The average Bonchev–Trinajstić information content (AvgIpc) is 3.13. The lowest BCUT2D eigenvalue weighted by Gasteiger charge is -2.09. The summed E-state index contributed by atoms with van der Waals surface area (Å²) in [6.45, 7) is 0.765. The van der Waals surface area contributed by atoms with Gasteiger partial charge in [0.2, 0.25) is 0 Å². The maximum Gasteiger partial charge on any atom is 0.144 e. The molecule has 0 saturated heterocycles. The zero-order chi connectivity index (χ0) is 13.8. The first-order chi connectivity index (χ1) is 9.86. The quantitative estimate of drug-likeness (QED) is 0.804. The Bertz CT molecular complexity index is 626. The summed E-state index contributed by atoms with van der Waals surface area (Å²) in [6, 6.07) is 4.21. The van der Waals surface area contributed by atoms with Gasteiger partial charge in [0.25, 0.3) is 0 Å². The van der Waals surface area contributed by atoms with Gasteiger partial charge < -0.3 is 5.32 Å². The second-order valence-electron chi connectivity index (χ2n) is 4.92. The summed E-state index contributed by atoms with van der Waals surface area (Å²) in [5, 5.41) is 19.1. The molecular formula is C14H16N6. The highest BCUT2D eigenvalue weighted by Crippen LogP contribution is 2.24. The standard InChI is InChI=1S/C14H16N6/c15-8-11-7-10-3-1-4-12(10)19-14(11)16-6-2-5-13-17-9-18-20-13/h7,9H,1-6H2,(H,16,19)(H,17,18,20). The summed E-state index contributed by atoms with van der Waals surface area (Å²) < 4.78 is 0. The summed E-state index contributed by atoms with van der Waals surface area (Å²) in [5.74, 6) is 1.60. The molecule has 0 aromatic carbocycles. The number of aromatic amines is 1. The molecule has 102 valence electrons. The maximum absolute atomic E-state index is 9.20. The molecule has 3 rings (SSSR count). The SMILES string of the molecule is N#Cc1cc2c(nc1NCCCc1ncn[nH]1)CCC2. The van der Waals surface area contributed by atoms with Crippen LogP contribution < -0.4 is 5.32 Å². The number of hydrogen-bond donors (Lipinski definition) is 2. The van der Waals surface area contributed by atoms with Crippen molar-refractivity contribution in [3.05, 3.63) is 35.0 Å². The van der Waals surface area contributed by atoms with Gasteiger partial charge in [0.1, 0.15) is 24.0 Å². The fourth-order valence-corrected chi connectivity index (χ4v) is 2.51. The van der Waals surface area contributed by atoms with Crippen LogP contribution in [0.1, 0.15) is 35.5 Å². The number of nitrogens with one attached hydrogen (secondary N) is 2. The number of pyridine rings is 1. The molecule has 0 aliphatic heterocycles. The number of aryl methyl sites for hydroxylation is 3. The summed E-state index contributed by atoms with van der Waals surface area (Å²) in [5.41, 5.74) is 3.01. The van der Waals surface area contributed by atoms with E-state index in [4.69, 9.17) is 0 Å². The van der Waals surface area contributed by atoms with Crippen molar-refractivity contribution in [3.8, 4) is 6.07 Å². The van der Waals surface area contributed by atoms with Crippen LogP contribution in [0, 0.1) is 11.3 Å². The number of rotatable bonds is 5. The van der Waals surface area contributed by atoms with E-state index in [1.807, 2.05) is 6.07 Å². The number of H-pyrrole nitrogens is 1. The van der Waals surface area contributed by atoms with Crippen LogP contribution in [-0.2, 0) is 19.3 Å². The first kappa shape index (κ1) is 12.6. The van der Waals surface area contributed by atoms with Gasteiger partial charge in [0.15, 0.2) is 0 Å².